The molecule has 0 aromatic carbocycles. The van der Waals surface area contributed by atoms with Gasteiger partial charge in [-0.25, -0.2) is 9.97 Å². The van der Waals surface area contributed by atoms with Gasteiger partial charge in [0.1, 0.15) is 0 Å². The van der Waals surface area contributed by atoms with E-state index in [1.54, 1.807) is 24.7 Å². The largest absolute Gasteiger partial charge is 0.381 e. The Morgan fingerprint density at radius 2 is 2.00 bits per heavy atom. The van der Waals surface area contributed by atoms with Crippen LogP contribution in [0.4, 0.5) is 5.82 Å². The fraction of sp³-hybridized carbons (Fsp3) is 0. The van der Waals surface area contributed by atoms with Crippen molar-refractivity contribution in [2.75, 3.05) is 5.73 Å². The lowest BCUT2D eigenvalue weighted by Crippen LogP contribution is -2.00. The fourth-order valence-electron chi connectivity index (χ4n) is 0.784. The summed E-state index contributed by atoms with van der Waals surface area (Å²) in [5.74, 6) is 0.809. The Balaban J connectivity index is 2.45. The minimum atomic E-state index is 0.349. The third-order valence-electron chi connectivity index (χ3n) is 1.27. The quantitative estimate of drug-likeness (QED) is 0.619. The van der Waals surface area contributed by atoms with Crippen molar-refractivity contribution in [2.24, 2.45) is 0 Å². The molecule has 12 heavy (non-hydrogen) atoms. The summed E-state index contributed by atoms with van der Waals surface area (Å²) in [5.41, 5.74) is 5.37. The molecule has 0 amide bonds. The first kappa shape index (κ1) is 6.71. The molecule has 0 saturated heterocycles. The van der Waals surface area contributed by atoms with E-state index < -0.39 is 0 Å². The average Bonchev–Trinajstić information content (AvgIpc) is 2.54. The monoisotopic (exact) mass is 162 g/mol. The predicted molar refractivity (Wildman–Crippen MR) is 41.4 cm³/mol. The van der Waals surface area contributed by atoms with Crippen LogP contribution in [0.3, 0.4) is 0 Å². The van der Waals surface area contributed by atoms with Gasteiger partial charge in [0, 0.05) is 12.4 Å². The molecule has 0 spiro atoms. The molecule has 2 rings (SSSR count). The zero-order valence-corrected chi connectivity index (χ0v) is 6.12. The number of nitrogens with two attached hydrogens (primary N) is 1. The van der Waals surface area contributed by atoms with Crippen LogP contribution in [-0.2, 0) is 0 Å². The van der Waals surface area contributed by atoms with Crippen LogP contribution in [0.2, 0.25) is 0 Å². The molecule has 0 radical (unpaired) electrons. The van der Waals surface area contributed by atoms with Crippen molar-refractivity contribution < 1.29 is 0 Å². The van der Waals surface area contributed by atoms with Crippen LogP contribution < -0.4 is 5.73 Å². The van der Waals surface area contributed by atoms with Crippen molar-refractivity contribution in [3.05, 3.63) is 24.7 Å². The number of nitrogen functional groups attached to an aromatic ring is 1. The van der Waals surface area contributed by atoms with Crippen molar-refractivity contribution >= 4 is 5.82 Å². The maximum Gasteiger partial charge on any atom is 0.251 e. The summed E-state index contributed by atoms with van der Waals surface area (Å²) in [5, 5.41) is 7.31. The maximum atomic E-state index is 5.37. The van der Waals surface area contributed by atoms with E-state index >= 15 is 0 Å². The standard InChI is InChI=1S/C6H6N6/c7-5-4-12(11-10-5)6-8-2-1-3-9-6/h1-4H,7H2. The molecular weight excluding hydrogens is 156 g/mol. The Kier molecular flexibility index (Phi) is 1.44. The molecule has 0 fully saturated rings. The van der Waals surface area contributed by atoms with Crippen molar-refractivity contribution in [3.8, 4) is 5.95 Å². The topological polar surface area (TPSA) is 82.5 Å². The van der Waals surface area contributed by atoms with Crippen LogP contribution in [-0.4, -0.2) is 25.0 Å². The molecule has 2 heterocycles. The molecule has 0 unspecified atom stereocenters. The first-order valence-electron chi connectivity index (χ1n) is 3.31. The molecule has 0 atom stereocenters. The van der Waals surface area contributed by atoms with E-state index in [1.807, 2.05) is 0 Å². The van der Waals surface area contributed by atoms with E-state index in [4.69, 9.17) is 5.73 Å². The molecule has 6 heteroatoms. The first-order valence-corrected chi connectivity index (χ1v) is 3.31. The first-order chi connectivity index (χ1) is 5.86. The van der Waals surface area contributed by atoms with Crippen LogP contribution in [0.15, 0.2) is 24.7 Å². The Morgan fingerprint density at radius 3 is 2.58 bits per heavy atom. The van der Waals surface area contributed by atoms with Crippen molar-refractivity contribution in [1.82, 2.24) is 25.0 Å². The SMILES string of the molecule is Nc1cn(-c2ncccn2)nn1. The average molecular weight is 162 g/mol. The molecule has 60 valence electrons. The fourth-order valence-corrected chi connectivity index (χ4v) is 0.784. The Bertz CT molecular complexity index is 367. The Morgan fingerprint density at radius 1 is 1.25 bits per heavy atom. The predicted octanol–water partition coefficient (Wildman–Crippen LogP) is -0.361. The van der Waals surface area contributed by atoms with Gasteiger partial charge in [-0.2, -0.15) is 4.68 Å². The van der Waals surface area contributed by atoms with Gasteiger partial charge in [-0.1, -0.05) is 5.21 Å². The molecule has 2 aromatic heterocycles. The van der Waals surface area contributed by atoms with Crippen molar-refractivity contribution in [3.63, 3.8) is 0 Å². The second kappa shape index (κ2) is 2.57. The van der Waals surface area contributed by atoms with Gasteiger partial charge >= 0.3 is 0 Å². The third kappa shape index (κ3) is 1.09. The van der Waals surface area contributed by atoms with Gasteiger partial charge in [0.15, 0.2) is 5.82 Å². The minimum Gasteiger partial charge on any atom is -0.381 e. The lowest BCUT2D eigenvalue weighted by molar-refractivity contribution is 0.755. The highest BCUT2D eigenvalue weighted by Crippen LogP contribution is 1.98. The van der Waals surface area contributed by atoms with Crippen LogP contribution in [0.5, 0.6) is 0 Å². The lowest BCUT2D eigenvalue weighted by atomic mass is 10.7. The summed E-state index contributed by atoms with van der Waals surface area (Å²) in [6.07, 6.45) is 4.80. The zero-order valence-electron chi connectivity index (χ0n) is 6.12. The van der Waals surface area contributed by atoms with Crippen LogP contribution in [0.25, 0.3) is 5.95 Å². The van der Waals surface area contributed by atoms with Gasteiger partial charge in [-0.15, -0.1) is 5.10 Å². The second-order valence-electron chi connectivity index (χ2n) is 2.14. The smallest absolute Gasteiger partial charge is 0.251 e. The van der Waals surface area contributed by atoms with Gasteiger partial charge in [0.05, 0.1) is 6.20 Å². The zero-order chi connectivity index (χ0) is 8.39. The summed E-state index contributed by atoms with van der Waals surface area (Å²) < 4.78 is 1.41. The summed E-state index contributed by atoms with van der Waals surface area (Å²) in [4.78, 5) is 7.91. The Labute approximate surface area is 68.1 Å². The van der Waals surface area contributed by atoms with Gasteiger partial charge in [0.25, 0.3) is 5.95 Å². The summed E-state index contributed by atoms with van der Waals surface area (Å²) in [6, 6.07) is 1.73. The molecule has 6 nitrogen and oxygen atoms in total. The normalized spacial score (nSPS) is 10.0. The van der Waals surface area contributed by atoms with Crippen molar-refractivity contribution in [2.45, 2.75) is 0 Å². The summed E-state index contributed by atoms with van der Waals surface area (Å²) >= 11 is 0. The number of nitrogens with zero attached hydrogens (tertiary/aromatic N) is 5. The molecular formula is C6H6N6. The van der Waals surface area contributed by atoms with Gasteiger partial charge in [-0.3, -0.25) is 0 Å². The van der Waals surface area contributed by atoms with E-state index in [2.05, 4.69) is 20.3 Å². The highest BCUT2D eigenvalue weighted by atomic mass is 15.5. The number of hydrogen-bond acceptors (Lipinski definition) is 5. The van der Waals surface area contributed by atoms with E-state index in [1.165, 1.54) is 4.68 Å². The van der Waals surface area contributed by atoms with E-state index in [9.17, 15) is 0 Å². The summed E-state index contributed by atoms with van der Waals surface area (Å²) in [6.45, 7) is 0. The molecule has 0 saturated carbocycles. The number of rotatable bonds is 1. The van der Waals surface area contributed by atoms with E-state index in [0.717, 1.165) is 0 Å². The Hall–Kier alpha value is -1.98. The number of anilines is 1. The molecule has 0 aliphatic carbocycles. The number of hydrogen-bond donors (Lipinski definition) is 1. The van der Waals surface area contributed by atoms with Crippen LogP contribution in [0, 0.1) is 0 Å². The third-order valence-corrected chi connectivity index (χ3v) is 1.27. The van der Waals surface area contributed by atoms with Gasteiger partial charge < -0.3 is 5.73 Å². The molecule has 0 aliphatic heterocycles. The van der Waals surface area contributed by atoms with Crippen LogP contribution in [0.1, 0.15) is 0 Å². The highest BCUT2D eigenvalue weighted by molar-refractivity contribution is 5.23. The van der Waals surface area contributed by atoms with E-state index in [-0.39, 0.29) is 0 Å². The molecule has 2 N–H and O–H groups in total. The van der Waals surface area contributed by atoms with Crippen LogP contribution >= 0.6 is 0 Å². The highest BCUT2D eigenvalue weighted by Gasteiger charge is 1.99. The molecule has 2 aromatic rings. The molecule has 0 aliphatic rings. The summed E-state index contributed by atoms with van der Waals surface area (Å²) in [7, 11) is 0. The van der Waals surface area contributed by atoms with Crippen molar-refractivity contribution in [1.29, 1.82) is 0 Å². The van der Waals surface area contributed by atoms with E-state index in [0.29, 0.717) is 11.8 Å². The lowest BCUT2D eigenvalue weighted by Gasteiger charge is -1.93. The molecule has 0 bridgehead atoms. The van der Waals surface area contributed by atoms with Gasteiger partial charge in [0.2, 0.25) is 0 Å². The number of aromatic nitrogens is 5. The minimum absolute atomic E-state index is 0.349. The van der Waals surface area contributed by atoms with Gasteiger partial charge in [-0.05, 0) is 6.07 Å². The maximum absolute atomic E-state index is 5.37. The second-order valence-corrected chi connectivity index (χ2v) is 2.14.